The number of carbonyl (C=O) groups excluding carboxylic acids is 2. The lowest BCUT2D eigenvalue weighted by Crippen LogP contribution is -2.28. The van der Waals surface area contributed by atoms with Gasteiger partial charge >= 0.3 is 5.97 Å². The highest BCUT2D eigenvalue weighted by molar-refractivity contribution is 7.11. The first kappa shape index (κ1) is 19.5. The van der Waals surface area contributed by atoms with Crippen molar-refractivity contribution in [1.29, 1.82) is 0 Å². The predicted molar refractivity (Wildman–Crippen MR) is 108 cm³/mol. The van der Waals surface area contributed by atoms with Crippen LogP contribution in [-0.2, 0) is 20.9 Å². The van der Waals surface area contributed by atoms with E-state index >= 15 is 0 Å². The van der Waals surface area contributed by atoms with Crippen molar-refractivity contribution in [1.82, 2.24) is 5.32 Å². The first-order chi connectivity index (χ1) is 13.6. The maximum Gasteiger partial charge on any atom is 0.340 e. The predicted octanol–water partition coefficient (Wildman–Crippen LogP) is 4.29. The Labute approximate surface area is 166 Å². The molecule has 0 unspecified atom stereocenters. The van der Waals surface area contributed by atoms with E-state index in [1.54, 1.807) is 24.3 Å². The molecule has 0 atom stereocenters. The molecule has 1 N–H and O–H groups in total. The lowest BCUT2D eigenvalue weighted by atomic mass is 10.1. The van der Waals surface area contributed by atoms with Gasteiger partial charge in [0.25, 0.3) is 5.91 Å². The first-order valence-electron chi connectivity index (χ1n) is 8.61. The second-order valence-corrected chi connectivity index (χ2v) is 6.87. The van der Waals surface area contributed by atoms with E-state index in [1.807, 2.05) is 41.8 Å². The van der Waals surface area contributed by atoms with Gasteiger partial charge in [0.05, 0.1) is 5.57 Å². The number of halogens is 1. The van der Waals surface area contributed by atoms with E-state index in [4.69, 9.17) is 4.74 Å². The monoisotopic (exact) mass is 395 g/mol. The van der Waals surface area contributed by atoms with Gasteiger partial charge in [0.15, 0.2) is 6.61 Å². The van der Waals surface area contributed by atoms with Crippen molar-refractivity contribution in [2.45, 2.75) is 6.54 Å². The lowest BCUT2D eigenvalue weighted by molar-refractivity contribution is -0.142. The molecule has 0 aliphatic heterocycles. The number of thiophene rings is 1. The Morgan fingerprint density at radius 2 is 1.75 bits per heavy atom. The molecule has 0 saturated carbocycles. The van der Waals surface area contributed by atoms with Crippen LogP contribution in [0.4, 0.5) is 4.39 Å². The van der Waals surface area contributed by atoms with E-state index in [9.17, 15) is 14.0 Å². The van der Waals surface area contributed by atoms with Gasteiger partial charge in [-0.1, -0.05) is 48.5 Å². The van der Waals surface area contributed by atoms with Crippen LogP contribution in [0.2, 0.25) is 0 Å². The van der Waals surface area contributed by atoms with Crippen molar-refractivity contribution in [3.05, 3.63) is 93.9 Å². The summed E-state index contributed by atoms with van der Waals surface area (Å²) in [6.45, 7) is -0.0157. The lowest BCUT2D eigenvalue weighted by Gasteiger charge is -2.08. The van der Waals surface area contributed by atoms with Crippen LogP contribution in [0.15, 0.2) is 72.1 Å². The van der Waals surface area contributed by atoms with Gasteiger partial charge < -0.3 is 10.1 Å². The molecule has 28 heavy (non-hydrogen) atoms. The van der Waals surface area contributed by atoms with E-state index in [2.05, 4.69) is 5.32 Å². The van der Waals surface area contributed by atoms with Gasteiger partial charge in [0.1, 0.15) is 5.82 Å². The highest BCUT2D eigenvalue weighted by Crippen LogP contribution is 2.24. The number of esters is 1. The SMILES string of the molecule is O=C(COC(=O)/C(=C/c1ccc(F)cc1)c1cccs1)NCc1ccccc1. The Morgan fingerprint density at radius 1 is 1.00 bits per heavy atom. The molecular weight excluding hydrogens is 377 g/mol. The molecule has 6 heteroatoms. The first-order valence-corrected chi connectivity index (χ1v) is 9.48. The van der Waals surface area contributed by atoms with Gasteiger partial charge in [0, 0.05) is 11.4 Å². The Bertz CT molecular complexity index is 951. The topological polar surface area (TPSA) is 55.4 Å². The number of benzene rings is 2. The summed E-state index contributed by atoms with van der Waals surface area (Å²) in [6.07, 6.45) is 1.62. The average molecular weight is 395 g/mol. The molecule has 0 radical (unpaired) electrons. The zero-order valence-electron chi connectivity index (χ0n) is 14.9. The number of hydrogen-bond acceptors (Lipinski definition) is 4. The molecule has 4 nitrogen and oxygen atoms in total. The van der Waals surface area contributed by atoms with E-state index in [0.717, 1.165) is 5.56 Å². The molecule has 0 aliphatic rings. The Morgan fingerprint density at radius 3 is 2.43 bits per heavy atom. The van der Waals surface area contributed by atoms with Crippen molar-refractivity contribution in [3.63, 3.8) is 0 Å². The minimum atomic E-state index is -0.610. The highest BCUT2D eigenvalue weighted by Gasteiger charge is 2.16. The van der Waals surface area contributed by atoms with Gasteiger partial charge in [-0.3, -0.25) is 4.79 Å². The van der Waals surface area contributed by atoms with Crippen molar-refractivity contribution >= 4 is 34.9 Å². The molecular formula is C22H18FNO3S. The van der Waals surface area contributed by atoms with Crippen LogP contribution in [0.3, 0.4) is 0 Å². The second kappa shape index (κ2) is 9.62. The maximum absolute atomic E-state index is 13.1. The van der Waals surface area contributed by atoms with Gasteiger partial charge in [-0.15, -0.1) is 11.3 Å². The van der Waals surface area contributed by atoms with Crippen LogP contribution in [0, 0.1) is 5.82 Å². The van der Waals surface area contributed by atoms with E-state index < -0.39 is 5.97 Å². The summed E-state index contributed by atoms with van der Waals surface area (Å²) in [5.41, 5.74) is 1.94. The van der Waals surface area contributed by atoms with Gasteiger partial charge in [-0.2, -0.15) is 0 Å². The van der Waals surface area contributed by atoms with E-state index in [-0.39, 0.29) is 18.3 Å². The zero-order valence-corrected chi connectivity index (χ0v) is 15.7. The Balaban J connectivity index is 1.63. The van der Waals surface area contributed by atoms with Crippen LogP contribution in [-0.4, -0.2) is 18.5 Å². The van der Waals surface area contributed by atoms with Crippen LogP contribution in [0.25, 0.3) is 11.6 Å². The van der Waals surface area contributed by atoms with Crippen molar-refractivity contribution in [2.75, 3.05) is 6.61 Å². The number of ether oxygens (including phenoxy) is 1. The van der Waals surface area contributed by atoms with Crippen LogP contribution in [0.1, 0.15) is 16.0 Å². The van der Waals surface area contributed by atoms with Gasteiger partial charge in [0.2, 0.25) is 0 Å². The summed E-state index contributed by atoms with van der Waals surface area (Å²) in [6, 6.07) is 18.8. The number of nitrogens with one attached hydrogen (secondary N) is 1. The zero-order chi connectivity index (χ0) is 19.8. The standard InChI is InChI=1S/C22H18FNO3S/c23-18-10-8-16(9-11-18)13-19(20-7-4-12-28-20)22(26)27-15-21(25)24-14-17-5-2-1-3-6-17/h1-13H,14-15H2,(H,24,25)/b19-13+. The molecule has 1 heterocycles. The summed E-state index contributed by atoms with van der Waals surface area (Å²) in [4.78, 5) is 25.2. The molecule has 0 bridgehead atoms. The van der Waals surface area contributed by atoms with Gasteiger partial charge in [-0.25, -0.2) is 9.18 Å². The third-order valence-electron chi connectivity index (χ3n) is 3.85. The van der Waals surface area contributed by atoms with Crippen LogP contribution in [0.5, 0.6) is 0 Å². The third kappa shape index (κ3) is 5.62. The molecule has 0 saturated heterocycles. The van der Waals surface area contributed by atoms with Gasteiger partial charge in [-0.05, 0) is 40.8 Å². The Hall–Kier alpha value is -3.25. The van der Waals surface area contributed by atoms with Crippen LogP contribution < -0.4 is 5.32 Å². The number of carbonyl (C=O) groups is 2. The summed E-state index contributed by atoms with van der Waals surface area (Å²) in [7, 11) is 0. The maximum atomic E-state index is 13.1. The molecule has 3 aromatic rings. The van der Waals surface area contributed by atoms with E-state index in [1.165, 1.54) is 23.5 Å². The van der Waals surface area contributed by atoms with Crippen molar-refractivity contribution < 1.29 is 18.7 Å². The normalized spacial score (nSPS) is 11.1. The smallest absolute Gasteiger partial charge is 0.340 e. The minimum Gasteiger partial charge on any atom is -0.452 e. The largest absolute Gasteiger partial charge is 0.452 e. The molecule has 0 aliphatic carbocycles. The number of hydrogen-bond donors (Lipinski definition) is 1. The summed E-state index contributed by atoms with van der Waals surface area (Å²) in [5.74, 6) is -1.35. The fourth-order valence-electron chi connectivity index (χ4n) is 2.44. The molecule has 0 spiro atoms. The second-order valence-electron chi connectivity index (χ2n) is 5.93. The molecule has 0 fully saturated rings. The number of amides is 1. The molecule has 1 amide bonds. The molecule has 142 valence electrons. The Kier molecular flexibility index (Phi) is 6.70. The van der Waals surface area contributed by atoms with Crippen molar-refractivity contribution in [3.8, 4) is 0 Å². The fraction of sp³-hybridized carbons (Fsp3) is 0.0909. The van der Waals surface area contributed by atoms with E-state index in [0.29, 0.717) is 22.6 Å². The summed E-state index contributed by atoms with van der Waals surface area (Å²) in [5, 5.41) is 4.55. The minimum absolute atomic E-state index is 0.317. The van der Waals surface area contributed by atoms with Crippen LogP contribution >= 0.6 is 11.3 Å². The molecule has 3 rings (SSSR count). The fourth-order valence-corrected chi connectivity index (χ4v) is 3.17. The molecule has 1 aromatic heterocycles. The number of rotatable bonds is 7. The summed E-state index contributed by atoms with van der Waals surface area (Å²) >= 11 is 1.38. The quantitative estimate of drug-likeness (QED) is 0.480. The average Bonchev–Trinajstić information content (AvgIpc) is 3.25. The third-order valence-corrected chi connectivity index (χ3v) is 4.76. The summed E-state index contributed by atoms with van der Waals surface area (Å²) < 4.78 is 18.3. The molecule has 2 aromatic carbocycles. The highest BCUT2D eigenvalue weighted by atomic mass is 32.1. The van der Waals surface area contributed by atoms with Crippen molar-refractivity contribution in [2.24, 2.45) is 0 Å².